The van der Waals surface area contributed by atoms with E-state index in [4.69, 9.17) is 9.47 Å². The lowest BCUT2D eigenvalue weighted by Gasteiger charge is -2.19. The first-order valence-electron chi connectivity index (χ1n) is 6.44. The van der Waals surface area contributed by atoms with Gasteiger partial charge in [-0.3, -0.25) is 4.79 Å². The van der Waals surface area contributed by atoms with Gasteiger partial charge in [-0.15, -0.1) is 11.3 Å². The van der Waals surface area contributed by atoms with E-state index in [-0.39, 0.29) is 12.1 Å². The zero-order valence-electron chi connectivity index (χ0n) is 11.9. The summed E-state index contributed by atoms with van der Waals surface area (Å²) in [5, 5.41) is 0. The first kappa shape index (κ1) is 14.7. The molecule has 2 heterocycles. The second-order valence-electron chi connectivity index (χ2n) is 5.70. The Morgan fingerprint density at radius 1 is 1.37 bits per heavy atom. The van der Waals surface area contributed by atoms with Gasteiger partial charge in [0.2, 0.25) is 0 Å². The minimum atomic E-state index is -1.44. The first-order valence-corrected chi connectivity index (χ1v) is 10.8. The van der Waals surface area contributed by atoms with Crippen LogP contribution in [0, 0.1) is 0 Å². The highest BCUT2D eigenvalue weighted by molar-refractivity contribution is 7.27. The fourth-order valence-corrected chi connectivity index (χ4v) is 5.47. The molecule has 0 spiro atoms. The third-order valence-electron chi connectivity index (χ3n) is 2.82. The van der Waals surface area contributed by atoms with Gasteiger partial charge in [-0.25, -0.2) is 0 Å². The van der Waals surface area contributed by atoms with E-state index in [1.807, 2.05) is 6.08 Å². The lowest BCUT2D eigenvalue weighted by Crippen LogP contribution is -2.38. The Morgan fingerprint density at radius 3 is 2.53 bits per heavy atom. The van der Waals surface area contributed by atoms with Crippen LogP contribution in [-0.4, -0.2) is 27.1 Å². The second kappa shape index (κ2) is 5.71. The van der Waals surface area contributed by atoms with Crippen molar-refractivity contribution in [1.29, 1.82) is 0 Å². The average molecular weight is 296 g/mol. The number of thiophene rings is 1. The Morgan fingerprint density at radius 2 is 2.00 bits per heavy atom. The van der Waals surface area contributed by atoms with Gasteiger partial charge < -0.3 is 9.47 Å². The monoisotopic (exact) mass is 296 g/mol. The van der Waals surface area contributed by atoms with Crippen LogP contribution < -0.4 is 4.50 Å². The van der Waals surface area contributed by atoms with Gasteiger partial charge in [0, 0.05) is 10.4 Å². The lowest BCUT2D eigenvalue weighted by molar-refractivity contribution is -0.112. The minimum Gasteiger partial charge on any atom is -0.346 e. The number of hydrogen-bond acceptors (Lipinski definition) is 4. The Bertz CT molecular complexity index is 493. The molecule has 104 valence electrons. The van der Waals surface area contributed by atoms with Gasteiger partial charge in [-0.2, -0.15) is 0 Å². The van der Waals surface area contributed by atoms with E-state index in [1.165, 1.54) is 4.50 Å². The topological polar surface area (TPSA) is 35.5 Å². The van der Waals surface area contributed by atoms with E-state index in [1.54, 1.807) is 24.3 Å². The quantitative estimate of drug-likeness (QED) is 0.633. The number of allylic oxidation sites excluding steroid dienone is 1. The SMILES string of the molecule is CC(=O)/C=C/c1cc(C2OCCO2)c([Si](C)(C)C)s1. The summed E-state index contributed by atoms with van der Waals surface area (Å²) in [6.45, 7) is 9.82. The van der Waals surface area contributed by atoms with Crippen molar-refractivity contribution in [2.75, 3.05) is 13.2 Å². The molecule has 2 rings (SSSR count). The van der Waals surface area contributed by atoms with E-state index in [0.29, 0.717) is 13.2 Å². The maximum absolute atomic E-state index is 11.0. The predicted molar refractivity (Wildman–Crippen MR) is 81.7 cm³/mol. The molecule has 1 saturated heterocycles. The van der Waals surface area contributed by atoms with E-state index >= 15 is 0 Å². The fraction of sp³-hybridized carbons (Fsp3) is 0.500. The van der Waals surface area contributed by atoms with Crippen LogP contribution in [0.15, 0.2) is 12.1 Å². The van der Waals surface area contributed by atoms with Crippen LogP contribution in [-0.2, 0) is 14.3 Å². The van der Waals surface area contributed by atoms with Gasteiger partial charge in [0.1, 0.15) is 0 Å². The summed E-state index contributed by atoms with van der Waals surface area (Å²) in [6, 6.07) is 2.10. The largest absolute Gasteiger partial charge is 0.346 e. The van der Waals surface area contributed by atoms with Crippen LogP contribution in [0.4, 0.5) is 0 Å². The van der Waals surface area contributed by atoms with Crippen LogP contribution in [0.5, 0.6) is 0 Å². The number of ether oxygens (including phenoxy) is 2. The fourth-order valence-electron chi connectivity index (χ4n) is 2.01. The maximum Gasteiger partial charge on any atom is 0.184 e. The van der Waals surface area contributed by atoms with Gasteiger partial charge in [0.25, 0.3) is 0 Å². The van der Waals surface area contributed by atoms with Crippen molar-refractivity contribution in [2.45, 2.75) is 32.9 Å². The van der Waals surface area contributed by atoms with Crippen molar-refractivity contribution in [2.24, 2.45) is 0 Å². The highest BCUT2D eigenvalue weighted by Gasteiger charge is 2.30. The van der Waals surface area contributed by atoms with Crippen molar-refractivity contribution in [3.05, 3.63) is 22.6 Å². The summed E-state index contributed by atoms with van der Waals surface area (Å²) in [6.07, 6.45) is 3.27. The van der Waals surface area contributed by atoms with Crippen LogP contribution in [0.2, 0.25) is 19.6 Å². The molecule has 0 aromatic carbocycles. The van der Waals surface area contributed by atoms with Crippen LogP contribution >= 0.6 is 11.3 Å². The summed E-state index contributed by atoms with van der Waals surface area (Å²) in [5.74, 6) is 0.0675. The van der Waals surface area contributed by atoms with Crippen molar-refractivity contribution < 1.29 is 14.3 Å². The first-order chi connectivity index (χ1) is 8.88. The third kappa shape index (κ3) is 3.63. The number of hydrogen-bond donors (Lipinski definition) is 0. The van der Waals surface area contributed by atoms with Crippen LogP contribution in [0.25, 0.3) is 6.08 Å². The van der Waals surface area contributed by atoms with Crippen molar-refractivity contribution in [3.63, 3.8) is 0 Å². The van der Waals surface area contributed by atoms with E-state index in [9.17, 15) is 4.79 Å². The molecule has 0 atom stereocenters. The summed E-state index contributed by atoms with van der Waals surface area (Å²) >= 11 is 1.76. The molecule has 1 aliphatic rings. The molecule has 0 N–H and O–H groups in total. The average Bonchev–Trinajstić information content (AvgIpc) is 2.94. The molecular formula is C14H20O3SSi. The normalized spacial score (nSPS) is 17.5. The third-order valence-corrected chi connectivity index (χ3v) is 7.54. The van der Waals surface area contributed by atoms with Crippen molar-refractivity contribution in [3.8, 4) is 0 Å². The van der Waals surface area contributed by atoms with Gasteiger partial charge in [0.15, 0.2) is 12.1 Å². The molecule has 0 unspecified atom stereocenters. The number of carbonyl (C=O) groups excluding carboxylic acids is 1. The molecule has 3 nitrogen and oxygen atoms in total. The highest BCUT2D eigenvalue weighted by atomic mass is 32.1. The van der Waals surface area contributed by atoms with Gasteiger partial charge >= 0.3 is 0 Å². The van der Waals surface area contributed by atoms with Crippen LogP contribution in [0.1, 0.15) is 23.7 Å². The summed E-state index contributed by atoms with van der Waals surface area (Å²) in [5.41, 5.74) is 1.16. The molecule has 19 heavy (non-hydrogen) atoms. The summed E-state index contributed by atoms with van der Waals surface area (Å²) in [7, 11) is -1.44. The van der Waals surface area contributed by atoms with E-state index < -0.39 is 8.07 Å². The Hall–Kier alpha value is -0.753. The number of ketones is 1. The van der Waals surface area contributed by atoms with Crippen molar-refractivity contribution in [1.82, 2.24) is 0 Å². The molecule has 1 fully saturated rings. The Balaban J connectivity index is 2.36. The standard InChI is InChI=1S/C14H20O3SSi/c1-10(15)5-6-11-9-12(13-16-7-8-17-13)14(18-11)19(2,3)4/h5-6,9,13H,7-8H2,1-4H3/b6-5+. The minimum absolute atomic E-state index is 0.0675. The van der Waals surface area contributed by atoms with Crippen molar-refractivity contribution >= 4 is 35.8 Å². The molecule has 5 heteroatoms. The molecular weight excluding hydrogens is 276 g/mol. The molecule has 1 aliphatic heterocycles. The Labute approximate surface area is 119 Å². The van der Waals surface area contributed by atoms with E-state index in [2.05, 4.69) is 25.7 Å². The van der Waals surface area contributed by atoms with Crippen LogP contribution in [0.3, 0.4) is 0 Å². The van der Waals surface area contributed by atoms with Gasteiger partial charge in [-0.1, -0.05) is 19.6 Å². The molecule has 1 aromatic heterocycles. The Kier molecular flexibility index (Phi) is 4.40. The smallest absolute Gasteiger partial charge is 0.184 e. The van der Waals surface area contributed by atoms with Gasteiger partial charge in [-0.05, 0) is 29.6 Å². The van der Waals surface area contributed by atoms with E-state index in [0.717, 1.165) is 10.4 Å². The predicted octanol–water partition coefficient (Wildman–Crippen LogP) is 2.94. The molecule has 0 aliphatic carbocycles. The molecule has 0 radical (unpaired) electrons. The molecule has 0 saturated carbocycles. The zero-order chi connectivity index (χ0) is 14.0. The molecule has 1 aromatic rings. The summed E-state index contributed by atoms with van der Waals surface area (Å²) in [4.78, 5) is 12.1. The highest BCUT2D eigenvalue weighted by Crippen LogP contribution is 2.29. The number of carbonyl (C=O) groups is 1. The second-order valence-corrected chi connectivity index (χ2v) is 12.1. The summed E-state index contributed by atoms with van der Waals surface area (Å²) < 4.78 is 12.7. The van der Waals surface area contributed by atoms with Gasteiger partial charge in [0.05, 0.1) is 21.3 Å². The molecule has 0 bridgehead atoms. The molecule has 0 amide bonds. The lowest BCUT2D eigenvalue weighted by atomic mass is 10.3. The maximum atomic E-state index is 11.0. The number of rotatable bonds is 4. The zero-order valence-corrected chi connectivity index (χ0v) is 13.7.